The molecule has 3 N–H and O–H groups in total. The quantitative estimate of drug-likeness (QED) is 0.569. The fourth-order valence-corrected chi connectivity index (χ4v) is 5.02. The lowest BCUT2D eigenvalue weighted by atomic mass is 9.89. The summed E-state index contributed by atoms with van der Waals surface area (Å²) >= 11 is 6.01. The van der Waals surface area contributed by atoms with Gasteiger partial charge in [0.05, 0.1) is 6.42 Å². The Morgan fingerprint density at radius 2 is 1.72 bits per heavy atom. The van der Waals surface area contributed by atoms with E-state index in [0.717, 1.165) is 5.56 Å². The molecule has 3 saturated heterocycles. The molecular weight excluding hydrogens is 436 g/mol. The molecule has 0 spiro atoms. The van der Waals surface area contributed by atoms with Gasteiger partial charge in [0.25, 0.3) is 0 Å². The number of benzene rings is 1. The van der Waals surface area contributed by atoms with Crippen molar-refractivity contribution in [3.63, 3.8) is 0 Å². The minimum absolute atomic E-state index is 0.0203. The number of carbonyl (C=O) groups excluding carboxylic acids is 3. The number of amides is 4. The van der Waals surface area contributed by atoms with E-state index in [1.54, 1.807) is 17.0 Å². The molecule has 0 aliphatic carbocycles. The van der Waals surface area contributed by atoms with Crippen LogP contribution in [0.4, 0.5) is 4.79 Å². The fourth-order valence-electron chi connectivity index (χ4n) is 4.90. The smallest absolute Gasteiger partial charge is 0.404 e. The summed E-state index contributed by atoms with van der Waals surface area (Å²) in [5.74, 6) is -0.283. The minimum atomic E-state index is -1.08. The molecule has 172 valence electrons. The van der Waals surface area contributed by atoms with Gasteiger partial charge in [-0.15, -0.1) is 0 Å². The molecule has 9 nitrogen and oxygen atoms in total. The van der Waals surface area contributed by atoms with E-state index < -0.39 is 12.1 Å². The zero-order valence-electron chi connectivity index (χ0n) is 17.6. The van der Waals surface area contributed by atoms with Gasteiger partial charge in [-0.3, -0.25) is 14.4 Å². The normalized spacial score (nSPS) is 25.8. The Morgan fingerprint density at radius 1 is 1.06 bits per heavy atom. The van der Waals surface area contributed by atoms with Crippen molar-refractivity contribution in [3.05, 3.63) is 34.9 Å². The van der Waals surface area contributed by atoms with Crippen molar-refractivity contribution < 1.29 is 24.3 Å². The third kappa shape index (κ3) is 4.82. The highest BCUT2D eigenvalue weighted by molar-refractivity contribution is 6.30. The maximum Gasteiger partial charge on any atom is 0.404 e. The van der Waals surface area contributed by atoms with Crippen LogP contribution in [0, 0.1) is 11.8 Å². The summed E-state index contributed by atoms with van der Waals surface area (Å²) in [5.41, 5.74) is 1.03. The van der Waals surface area contributed by atoms with Gasteiger partial charge >= 0.3 is 6.09 Å². The Bertz CT molecular complexity index is 892. The zero-order valence-corrected chi connectivity index (χ0v) is 18.4. The summed E-state index contributed by atoms with van der Waals surface area (Å²) in [5, 5.41) is 14.7. The molecule has 3 aliphatic heterocycles. The predicted molar refractivity (Wildman–Crippen MR) is 116 cm³/mol. The van der Waals surface area contributed by atoms with Crippen molar-refractivity contribution in [1.29, 1.82) is 0 Å². The molecule has 0 bridgehead atoms. The van der Waals surface area contributed by atoms with Gasteiger partial charge in [-0.25, -0.2) is 4.79 Å². The topological polar surface area (TPSA) is 119 Å². The second-order valence-electron chi connectivity index (χ2n) is 8.77. The first kappa shape index (κ1) is 22.4. The van der Waals surface area contributed by atoms with Gasteiger partial charge in [-0.05, 0) is 30.5 Å². The first-order valence-electron chi connectivity index (χ1n) is 10.9. The number of hydrogen-bond acceptors (Lipinski definition) is 4. The largest absolute Gasteiger partial charge is 0.465 e. The number of hydrogen-bond donors (Lipinski definition) is 3. The van der Waals surface area contributed by atoms with Gasteiger partial charge < -0.3 is 25.5 Å². The first-order chi connectivity index (χ1) is 15.3. The third-order valence-corrected chi connectivity index (χ3v) is 7.00. The Balaban J connectivity index is 1.36. The van der Waals surface area contributed by atoms with E-state index in [9.17, 15) is 19.2 Å². The van der Waals surface area contributed by atoms with Crippen LogP contribution in [0.2, 0.25) is 5.02 Å². The lowest BCUT2D eigenvalue weighted by Gasteiger charge is -2.37. The summed E-state index contributed by atoms with van der Waals surface area (Å²) in [6, 6.07) is 7.05. The first-order valence-corrected chi connectivity index (χ1v) is 11.3. The van der Waals surface area contributed by atoms with Crippen LogP contribution in [-0.4, -0.2) is 77.5 Å². The fraction of sp³-hybridized carbons (Fsp3) is 0.545. The summed E-state index contributed by atoms with van der Waals surface area (Å²) < 4.78 is 0. The molecule has 4 rings (SSSR count). The van der Waals surface area contributed by atoms with Crippen LogP contribution in [0.3, 0.4) is 0 Å². The maximum absolute atomic E-state index is 13.2. The molecule has 32 heavy (non-hydrogen) atoms. The Labute approximate surface area is 191 Å². The summed E-state index contributed by atoms with van der Waals surface area (Å²) in [6.07, 6.45) is 0.337. The van der Waals surface area contributed by atoms with Crippen LogP contribution >= 0.6 is 11.6 Å². The second-order valence-corrected chi connectivity index (χ2v) is 9.21. The highest BCUT2D eigenvalue weighted by atomic mass is 35.5. The van der Waals surface area contributed by atoms with Crippen LogP contribution in [0.15, 0.2) is 24.3 Å². The molecule has 3 aliphatic rings. The van der Waals surface area contributed by atoms with E-state index in [-0.39, 0.29) is 48.4 Å². The molecule has 1 aromatic rings. The van der Waals surface area contributed by atoms with Gasteiger partial charge in [-0.1, -0.05) is 23.7 Å². The summed E-state index contributed by atoms with van der Waals surface area (Å²) in [6.45, 7) is 2.28. The van der Waals surface area contributed by atoms with E-state index in [1.165, 1.54) is 0 Å². The van der Waals surface area contributed by atoms with Crippen LogP contribution in [0.1, 0.15) is 30.7 Å². The number of carboxylic acid groups (broad SMARTS) is 1. The number of β-lactam (4-membered cyclic amide) rings is 1. The lowest BCUT2D eigenvalue weighted by Crippen LogP contribution is -2.59. The van der Waals surface area contributed by atoms with Gasteiger partial charge in [0.2, 0.25) is 17.7 Å². The van der Waals surface area contributed by atoms with Crippen LogP contribution in [-0.2, 0) is 14.4 Å². The SMILES string of the molecule is O=C(O)NC[C@H]1CN(C(=O)C2CCN(C(=O)[C@@H]3CC(=O)N3)CC2)C[C@H]1c1ccc(Cl)cc1. The Hall–Kier alpha value is -2.81. The third-order valence-electron chi connectivity index (χ3n) is 6.75. The highest BCUT2D eigenvalue weighted by Gasteiger charge is 2.41. The number of rotatable bonds is 5. The van der Waals surface area contributed by atoms with Crippen molar-refractivity contribution in [1.82, 2.24) is 20.4 Å². The van der Waals surface area contributed by atoms with Crippen LogP contribution < -0.4 is 10.6 Å². The Morgan fingerprint density at radius 3 is 2.31 bits per heavy atom. The number of nitrogens with zero attached hydrogens (tertiary/aromatic N) is 2. The van der Waals surface area contributed by atoms with Gasteiger partial charge in [0, 0.05) is 55.5 Å². The van der Waals surface area contributed by atoms with Crippen molar-refractivity contribution in [2.75, 3.05) is 32.7 Å². The molecule has 3 heterocycles. The van der Waals surface area contributed by atoms with Gasteiger partial charge in [-0.2, -0.15) is 0 Å². The zero-order chi connectivity index (χ0) is 22.8. The van der Waals surface area contributed by atoms with Crippen molar-refractivity contribution in [2.24, 2.45) is 11.8 Å². The Kier molecular flexibility index (Phi) is 6.55. The molecule has 10 heteroatoms. The molecule has 3 fully saturated rings. The maximum atomic E-state index is 13.2. The van der Waals surface area contributed by atoms with Crippen LogP contribution in [0.25, 0.3) is 0 Å². The number of nitrogens with one attached hydrogen (secondary N) is 2. The molecule has 0 saturated carbocycles. The van der Waals surface area contributed by atoms with E-state index in [1.807, 2.05) is 17.0 Å². The lowest BCUT2D eigenvalue weighted by molar-refractivity contribution is -0.146. The van der Waals surface area contributed by atoms with Crippen LogP contribution in [0.5, 0.6) is 0 Å². The van der Waals surface area contributed by atoms with E-state index in [0.29, 0.717) is 44.0 Å². The van der Waals surface area contributed by atoms with Crippen molar-refractivity contribution >= 4 is 35.4 Å². The molecular formula is C22H27ClN4O5. The molecule has 0 unspecified atom stereocenters. The molecule has 0 radical (unpaired) electrons. The molecule has 0 aromatic heterocycles. The predicted octanol–water partition coefficient (Wildman–Crippen LogP) is 1.28. The average molecular weight is 463 g/mol. The molecule has 1 aromatic carbocycles. The number of halogens is 1. The number of piperidine rings is 1. The minimum Gasteiger partial charge on any atom is -0.465 e. The van der Waals surface area contributed by atoms with E-state index >= 15 is 0 Å². The summed E-state index contributed by atoms with van der Waals surface area (Å²) in [7, 11) is 0. The molecule has 4 amide bonds. The van der Waals surface area contributed by atoms with Crippen molar-refractivity contribution in [2.45, 2.75) is 31.2 Å². The van der Waals surface area contributed by atoms with Gasteiger partial charge in [0.15, 0.2) is 0 Å². The van der Waals surface area contributed by atoms with Gasteiger partial charge in [0.1, 0.15) is 6.04 Å². The second kappa shape index (κ2) is 9.36. The average Bonchev–Trinajstić information content (AvgIpc) is 3.19. The molecule has 3 atom stereocenters. The summed E-state index contributed by atoms with van der Waals surface area (Å²) in [4.78, 5) is 51.3. The number of carbonyl (C=O) groups is 4. The van der Waals surface area contributed by atoms with E-state index in [2.05, 4.69) is 10.6 Å². The van der Waals surface area contributed by atoms with E-state index in [4.69, 9.17) is 16.7 Å². The monoisotopic (exact) mass is 462 g/mol. The highest BCUT2D eigenvalue weighted by Crippen LogP contribution is 2.35. The van der Waals surface area contributed by atoms with Crippen molar-refractivity contribution in [3.8, 4) is 0 Å². The standard InChI is InChI=1S/C22H27ClN4O5/c23-16-3-1-13(2-4-16)17-12-27(11-15(17)10-24-22(31)32)20(29)14-5-7-26(8-6-14)21(30)18-9-19(28)25-18/h1-4,14-15,17-18,24H,5-12H2,(H,25,28)(H,31,32)/t15-,17-,18-/m0/s1. The number of likely N-dealkylation sites (tertiary alicyclic amines) is 2.